The first-order chi connectivity index (χ1) is 10.1. The summed E-state index contributed by atoms with van der Waals surface area (Å²) in [6.45, 7) is 3.87. The summed E-state index contributed by atoms with van der Waals surface area (Å²) in [4.78, 5) is 2.68. The molecule has 21 heavy (non-hydrogen) atoms. The molecule has 0 aliphatic rings. The van der Waals surface area contributed by atoms with Gasteiger partial charge in [-0.2, -0.15) is 0 Å². The average Bonchev–Trinajstić information content (AvgIpc) is 2.91. The molecule has 2 aromatic rings. The molecular weight excluding hydrogens is 290 g/mol. The standard InChI is InChI=1S/C16H20F2N2S/c1-3-6-19-10-12-8-14(17)16(15(18)9-12)20(2)11-13-5-4-7-21-13/h4-5,7-9,19H,3,6,10-11H2,1-2H3. The first-order valence-corrected chi connectivity index (χ1v) is 7.92. The second-order valence-electron chi connectivity index (χ2n) is 5.02. The predicted octanol–water partition coefficient (Wildman–Crippen LogP) is 4.16. The lowest BCUT2D eigenvalue weighted by molar-refractivity contribution is 0.569. The van der Waals surface area contributed by atoms with Gasteiger partial charge in [-0.15, -0.1) is 11.3 Å². The van der Waals surface area contributed by atoms with Crippen LogP contribution in [0.1, 0.15) is 23.8 Å². The van der Waals surface area contributed by atoms with E-state index in [0.717, 1.165) is 17.8 Å². The third-order valence-electron chi connectivity index (χ3n) is 3.19. The number of thiophene rings is 1. The average molecular weight is 310 g/mol. The number of benzene rings is 1. The van der Waals surface area contributed by atoms with Crippen LogP contribution in [0.3, 0.4) is 0 Å². The third kappa shape index (κ3) is 4.25. The Morgan fingerprint density at radius 3 is 2.52 bits per heavy atom. The molecule has 114 valence electrons. The van der Waals surface area contributed by atoms with E-state index in [1.54, 1.807) is 23.3 Å². The van der Waals surface area contributed by atoms with Crippen LogP contribution >= 0.6 is 11.3 Å². The monoisotopic (exact) mass is 310 g/mol. The minimum atomic E-state index is -0.512. The molecular formula is C16H20F2N2S. The molecule has 1 aromatic carbocycles. The summed E-state index contributed by atoms with van der Waals surface area (Å²) in [6, 6.07) is 6.71. The molecule has 1 heterocycles. The highest BCUT2D eigenvalue weighted by atomic mass is 32.1. The Morgan fingerprint density at radius 1 is 1.24 bits per heavy atom. The first kappa shape index (κ1) is 15.9. The van der Waals surface area contributed by atoms with Gasteiger partial charge in [0.15, 0.2) is 0 Å². The van der Waals surface area contributed by atoms with Crippen molar-refractivity contribution >= 4 is 17.0 Å². The Labute approximate surface area is 128 Å². The number of rotatable bonds is 7. The maximum absolute atomic E-state index is 14.2. The molecule has 0 saturated carbocycles. The first-order valence-electron chi connectivity index (χ1n) is 7.04. The van der Waals surface area contributed by atoms with E-state index in [0.29, 0.717) is 18.7 Å². The fraction of sp³-hybridized carbons (Fsp3) is 0.375. The van der Waals surface area contributed by atoms with Crippen LogP contribution in [0.4, 0.5) is 14.5 Å². The molecule has 0 bridgehead atoms. The van der Waals surface area contributed by atoms with Crippen LogP contribution in [0.2, 0.25) is 0 Å². The van der Waals surface area contributed by atoms with Crippen molar-refractivity contribution in [1.29, 1.82) is 0 Å². The Bertz CT molecular complexity index is 547. The summed E-state index contributed by atoms with van der Waals surface area (Å²) < 4.78 is 28.4. The Morgan fingerprint density at radius 2 is 1.95 bits per heavy atom. The Kier molecular flexibility index (Phi) is 5.70. The summed E-state index contributed by atoms with van der Waals surface area (Å²) in [5.74, 6) is -1.02. The van der Waals surface area contributed by atoms with E-state index in [1.807, 2.05) is 17.5 Å². The van der Waals surface area contributed by atoms with Gasteiger partial charge in [0.05, 0.1) is 6.54 Å². The third-order valence-corrected chi connectivity index (χ3v) is 4.05. The molecule has 0 fully saturated rings. The number of halogens is 2. The van der Waals surface area contributed by atoms with Gasteiger partial charge in [-0.05, 0) is 42.1 Å². The number of nitrogens with zero attached hydrogens (tertiary/aromatic N) is 1. The molecule has 1 N–H and O–H groups in total. The zero-order valence-corrected chi connectivity index (χ0v) is 13.1. The van der Waals surface area contributed by atoms with Crippen LogP contribution in [0.25, 0.3) is 0 Å². The predicted molar refractivity (Wildman–Crippen MR) is 84.8 cm³/mol. The molecule has 0 aliphatic heterocycles. The molecule has 1 aromatic heterocycles. The normalized spacial score (nSPS) is 10.9. The smallest absolute Gasteiger partial charge is 0.149 e. The summed E-state index contributed by atoms with van der Waals surface area (Å²) in [6.07, 6.45) is 0.993. The van der Waals surface area contributed by atoms with Crippen LogP contribution in [-0.2, 0) is 13.1 Å². The van der Waals surface area contributed by atoms with Crippen molar-refractivity contribution in [3.63, 3.8) is 0 Å². The highest BCUT2D eigenvalue weighted by Crippen LogP contribution is 2.26. The van der Waals surface area contributed by atoms with Gasteiger partial charge in [0.1, 0.15) is 17.3 Å². The van der Waals surface area contributed by atoms with Crippen LogP contribution in [0.15, 0.2) is 29.6 Å². The van der Waals surface area contributed by atoms with Gasteiger partial charge in [0.25, 0.3) is 0 Å². The van der Waals surface area contributed by atoms with Crippen molar-refractivity contribution in [2.45, 2.75) is 26.4 Å². The molecule has 2 nitrogen and oxygen atoms in total. The van der Waals surface area contributed by atoms with Crippen molar-refractivity contribution in [3.05, 3.63) is 51.7 Å². The van der Waals surface area contributed by atoms with E-state index < -0.39 is 11.6 Å². The lowest BCUT2D eigenvalue weighted by Gasteiger charge is -2.20. The molecule has 0 amide bonds. The highest BCUT2D eigenvalue weighted by molar-refractivity contribution is 7.09. The van der Waals surface area contributed by atoms with E-state index in [9.17, 15) is 8.78 Å². The topological polar surface area (TPSA) is 15.3 Å². The molecule has 0 spiro atoms. The van der Waals surface area contributed by atoms with Crippen LogP contribution in [0.5, 0.6) is 0 Å². The summed E-state index contributed by atoms with van der Waals surface area (Å²) in [5, 5.41) is 5.10. The Balaban J connectivity index is 2.12. The number of nitrogens with one attached hydrogen (secondary N) is 1. The largest absolute Gasteiger partial charge is 0.365 e. The fourth-order valence-electron chi connectivity index (χ4n) is 2.21. The van der Waals surface area contributed by atoms with Crippen LogP contribution < -0.4 is 10.2 Å². The summed E-state index contributed by atoms with van der Waals surface area (Å²) in [7, 11) is 1.70. The lowest BCUT2D eigenvalue weighted by Crippen LogP contribution is -2.20. The van der Waals surface area contributed by atoms with Gasteiger partial charge < -0.3 is 10.2 Å². The zero-order valence-electron chi connectivity index (χ0n) is 12.3. The lowest BCUT2D eigenvalue weighted by atomic mass is 10.1. The fourth-order valence-corrected chi connectivity index (χ4v) is 2.97. The van der Waals surface area contributed by atoms with E-state index in [1.165, 1.54) is 12.1 Å². The van der Waals surface area contributed by atoms with Crippen molar-refractivity contribution in [2.24, 2.45) is 0 Å². The molecule has 0 saturated heterocycles. The highest BCUT2D eigenvalue weighted by Gasteiger charge is 2.15. The van der Waals surface area contributed by atoms with Crippen molar-refractivity contribution in [3.8, 4) is 0 Å². The van der Waals surface area contributed by atoms with E-state index >= 15 is 0 Å². The van der Waals surface area contributed by atoms with Gasteiger partial charge in [-0.25, -0.2) is 8.78 Å². The molecule has 2 rings (SSSR count). The zero-order chi connectivity index (χ0) is 15.2. The van der Waals surface area contributed by atoms with Gasteiger partial charge in [0.2, 0.25) is 0 Å². The number of hydrogen-bond acceptors (Lipinski definition) is 3. The molecule has 0 radical (unpaired) electrons. The van der Waals surface area contributed by atoms with Gasteiger partial charge in [-0.1, -0.05) is 13.0 Å². The maximum atomic E-state index is 14.2. The SMILES string of the molecule is CCCNCc1cc(F)c(N(C)Cc2cccs2)c(F)c1. The van der Waals surface area contributed by atoms with E-state index in [-0.39, 0.29) is 5.69 Å². The summed E-state index contributed by atoms with van der Waals surface area (Å²) in [5.41, 5.74) is 0.661. The van der Waals surface area contributed by atoms with Crippen molar-refractivity contribution < 1.29 is 8.78 Å². The molecule has 0 unspecified atom stereocenters. The van der Waals surface area contributed by atoms with Crippen LogP contribution in [-0.4, -0.2) is 13.6 Å². The van der Waals surface area contributed by atoms with Crippen molar-refractivity contribution in [1.82, 2.24) is 5.32 Å². The Hall–Kier alpha value is -1.46. The second kappa shape index (κ2) is 7.52. The minimum Gasteiger partial charge on any atom is -0.365 e. The van der Waals surface area contributed by atoms with Crippen molar-refractivity contribution in [2.75, 3.05) is 18.5 Å². The van der Waals surface area contributed by atoms with E-state index in [4.69, 9.17) is 0 Å². The molecule has 5 heteroatoms. The quantitative estimate of drug-likeness (QED) is 0.772. The molecule has 0 atom stereocenters. The molecule has 0 aliphatic carbocycles. The summed E-state index contributed by atoms with van der Waals surface area (Å²) >= 11 is 1.58. The number of anilines is 1. The van der Waals surface area contributed by atoms with Gasteiger partial charge in [-0.3, -0.25) is 0 Å². The maximum Gasteiger partial charge on any atom is 0.149 e. The van der Waals surface area contributed by atoms with Gasteiger partial charge >= 0.3 is 0 Å². The number of hydrogen-bond donors (Lipinski definition) is 1. The van der Waals surface area contributed by atoms with Crippen LogP contribution in [0, 0.1) is 11.6 Å². The van der Waals surface area contributed by atoms with E-state index in [2.05, 4.69) is 12.2 Å². The minimum absolute atomic E-state index is 0.0302. The van der Waals surface area contributed by atoms with Gasteiger partial charge in [0, 0.05) is 18.5 Å². The second-order valence-corrected chi connectivity index (χ2v) is 6.05.